The molecule has 100 valence electrons. The summed E-state index contributed by atoms with van der Waals surface area (Å²) in [5, 5.41) is 17.3. The van der Waals surface area contributed by atoms with Gasteiger partial charge in [0.25, 0.3) is 0 Å². The van der Waals surface area contributed by atoms with Crippen LogP contribution < -0.4 is 0 Å². The van der Waals surface area contributed by atoms with Crippen molar-refractivity contribution >= 4 is 28.4 Å². The molecule has 2 N–H and O–H groups in total. The predicted molar refractivity (Wildman–Crippen MR) is 62.8 cm³/mol. The summed E-state index contributed by atoms with van der Waals surface area (Å²) in [5.41, 5.74) is -1.04. The van der Waals surface area contributed by atoms with Crippen LogP contribution in [0.3, 0.4) is 0 Å². The lowest BCUT2D eigenvalue weighted by Crippen LogP contribution is -2.06. The first-order chi connectivity index (χ1) is 8.82. The molecule has 1 aromatic heterocycles. The highest BCUT2D eigenvalue weighted by Crippen LogP contribution is 2.36. The zero-order chi connectivity index (χ0) is 14.2. The van der Waals surface area contributed by atoms with E-state index in [0.29, 0.717) is 6.26 Å². The average Bonchev–Trinajstić information content (AvgIpc) is 2.35. The summed E-state index contributed by atoms with van der Waals surface area (Å²) in [6.45, 7) is 0. The monoisotopic (exact) mass is 290 g/mol. The fourth-order valence-electron chi connectivity index (χ4n) is 1.44. The van der Waals surface area contributed by atoms with Gasteiger partial charge in [-0.1, -0.05) is 11.6 Å². The fourth-order valence-corrected chi connectivity index (χ4v) is 1.71. The molecule has 19 heavy (non-hydrogen) atoms. The third-order valence-corrected chi connectivity index (χ3v) is 2.63. The van der Waals surface area contributed by atoms with Crippen molar-refractivity contribution in [2.45, 2.75) is 6.18 Å². The van der Waals surface area contributed by atoms with Gasteiger partial charge in [0.15, 0.2) is 5.76 Å². The van der Waals surface area contributed by atoms with Gasteiger partial charge in [0.2, 0.25) is 0 Å². The van der Waals surface area contributed by atoms with Crippen LogP contribution in [0.5, 0.6) is 0 Å². The Morgan fingerprint density at radius 3 is 2.53 bits per heavy atom. The quantitative estimate of drug-likeness (QED) is 0.786. The summed E-state index contributed by atoms with van der Waals surface area (Å²) in [5.74, 6) is -0.551. The smallest absolute Gasteiger partial charge is 0.417 e. The van der Waals surface area contributed by atoms with Crippen LogP contribution in [-0.2, 0) is 6.18 Å². The molecule has 0 saturated heterocycles. The Morgan fingerprint density at radius 2 is 1.95 bits per heavy atom. The second kappa shape index (κ2) is 4.58. The Labute approximate surface area is 109 Å². The second-order valence-electron chi connectivity index (χ2n) is 3.59. The molecule has 2 rings (SSSR count). The van der Waals surface area contributed by atoms with Crippen LogP contribution in [0.4, 0.5) is 13.2 Å². The molecule has 4 nitrogen and oxygen atoms in total. The van der Waals surface area contributed by atoms with E-state index in [4.69, 9.17) is 16.7 Å². The summed E-state index contributed by atoms with van der Waals surface area (Å²) in [6, 6.07) is 1.77. The van der Waals surface area contributed by atoms with Gasteiger partial charge >= 0.3 is 6.18 Å². The normalized spacial score (nSPS) is 12.9. The molecule has 0 aliphatic rings. The van der Waals surface area contributed by atoms with Gasteiger partial charge < -0.3 is 10.2 Å². The Balaban J connectivity index is 2.65. The largest absolute Gasteiger partial charge is 0.512 e. The van der Waals surface area contributed by atoms with Crippen LogP contribution in [0.2, 0.25) is 5.02 Å². The summed E-state index contributed by atoms with van der Waals surface area (Å²) < 4.78 is 37.9. The van der Waals surface area contributed by atoms with Gasteiger partial charge in [0.1, 0.15) is 12.0 Å². The van der Waals surface area contributed by atoms with E-state index >= 15 is 0 Å². The van der Waals surface area contributed by atoms with E-state index in [2.05, 4.69) is 9.97 Å². The molecule has 0 aliphatic heterocycles. The molecule has 1 heterocycles. The van der Waals surface area contributed by atoms with Gasteiger partial charge in [-0.05, 0) is 12.1 Å². The third-order valence-electron chi connectivity index (χ3n) is 2.32. The summed E-state index contributed by atoms with van der Waals surface area (Å²) in [7, 11) is 0. The summed E-state index contributed by atoms with van der Waals surface area (Å²) in [4.78, 5) is 7.57. The van der Waals surface area contributed by atoms with E-state index in [1.165, 1.54) is 0 Å². The zero-order valence-corrected chi connectivity index (χ0v) is 9.87. The van der Waals surface area contributed by atoms with Crippen LogP contribution in [0.1, 0.15) is 11.3 Å². The maximum absolute atomic E-state index is 12.6. The molecule has 0 unspecified atom stereocenters. The zero-order valence-electron chi connectivity index (χ0n) is 9.11. The number of aliphatic hydroxyl groups is 2. The lowest BCUT2D eigenvalue weighted by molar-refractivity contribution is -0.137. The molecule has 0 spiro atoms. The molecule has 0 aliphatic carbocycles. The average molecular weight is 291 g/mol. The number of fused-ring (bicyclic) bond motifs is 1. The Bertz CT molecular complexity index is 671. The van der Waals surface area contributed by atoms with Crippen molar-refractivity contribution in [3.63, 3.8) is 0 Å². The number of aromatic nitrogens is 2. The van der Waals surface area contributed by atoms with Gasteiger partial charge in [-0.3, -0.25) is 4.98 Å². The molecule has 0 atom stereocenters. The predicted octanol–water partition coefficient (Wildman–Crippen LogP) is 3.72. The molecule has 1 aromatic carbocycles. The van der Waals surface area contributed by atoms with Crippen molar-refractivity contribution in [3.8, 4) is 0 Å². The molecular formula is C11H6ClF3N2O2. The molecular weight excluding hydrogens is 285 g/mol. The van der Waals surface area contributed by atoms with Crippen molar-refractivity contribution in [2.75, 3.05) is 0 Å². The Hall–Kier alpha value is -2.02. The maximum atomic E-state index is 12.6. The number of alkyl halides is 3. The van der Waals surface area contributed by atoms with Crippen molar-refractivity contribution in [2.24, 2.45) is 0 Å². The van der Waals surface area contributed by atoms with Crippen LogP contribution in [0, 0.1) is 0 Å². The molecule has 0 amide bonds. The molecule has 0 fully saturated rings. The van der Waals surface area contributed by atoms with Crippen LogP contribution in [-0.4, -0.2) is 20.2 Å². The first-order valence-corrected chi connectivity index (χ1v) is 5.28. The van der Waals surface area contributed by atoms with E-state index < -0.39 is 22.5 Å². The first kappa shape index (κ1) is 13.4. The van der Waals surface area contributed by atoms with Gasteiger partial charge in [-0.15, -0.1) is 0 Å². The number of hydrogen-bond acceptors (Lipinski definition) is 4. The van der Waals surface area contributed by atoms with Gasteiger partial charge in [0.05, 0.1) is 27.8 Å². The van der Waals surface area contributed by atoms with Crippen molar-refractivity contribution in [3.05, 3.63) is 40.9 Å². The van der Waals surface area contributed by atoms with Crippen LogP contribution in [0.15, 0.2) is 24.6 Å². The minimum atomic E-state index is -4.58. The second-order valence-corrected chi connectivity index (χ2v) is 4.00. The lowest BCUT2D eigenvalue weighted by Gasteiger charge is -2.10. The highest BCUT2D eigenvalue weighted by molar-refractivity contribution is 6.32. The van der Waals surface area contributed by atoms with Crippen LogP contribution >= 0.6 is 11.6 Å². The number of aliphatic hydroxyl groups excluding tert-OH is 2. The van der Waals surface area contributed by atoms with E-state index in [0.717, 1.165) is 18.3 Å². The van der Waals surface area contributed by atoms with Gasteiger partial charge in [-0.2, -0.15) is 13.2 Å². The van der Waals surface area contributed by atoms with Crippen LogP contribution in [0.25, 0.3) is 16.8 Å². The van der Waals surface area contributed by atoms with E-state index in [-0.39, 0.29) is 16.7 Å². The highest BCUT2D eigenvalue weighted by atomic mass is 35.5. The molecule has 8 heteroatoms. The minimum absolute atomic E-state index is 0.0220. The maximum Gasteiger partial charge on any atom is 0.417 e. The number of hydrogen-bond donors (Lipinski definition) is 2. The number of benzene rings is 1. The Morgan fingerprint density at radius 1 is 1.26 bits per heavy atom. The first-order valence-electron chi connectivity index (χ1n) is 4.90. The number of nitrogens with zero attached hydrogens (tertiary/aromatic N) is 2. The lowest BCUT2D eigenvalue weighted by atomic mass is 10.2. The topological polar surface area (TPSA) is 66.2 Å². The van der Waals surface area contributed by atoms with E-state index in [9.17, 15) is 18.3 Å². The number of halogens is 4. The highest BCUT2D eigenvalue weighted by Gasteiger charge is 2.33. The van der Waals surface area contributed by atoms with E-state index in [1.807, 2.05) is 0 Å². The Kier molecular flexibility index (Phi) is 3.23. The molecule has 0 saturated carbocycles. The molecule has 0 radical (unpaired) electrons. The molecule has 0 bridgehead atoms. The fraction of sp³-hybridized carbons (Fsp3) is 0.0909. The summed E-state index contributed by atoms with van der Waals surface area (Å²) in [6.07, 6.45) is -3.14. The van der Waals surface area contributed by atoms with Crippen molar-refractivity contribution in [1.82, 2.24) is 9.97 Å². The SMILES string of the molecule is OC=C(O)c1cnc2cc(C(F)(F)F)c(Cl)cc2n1. The van der Waals surface area contributed by atoms with E-state index in [1.54, 1.807) is 0 Å². The standard InChI is InChI=1S/C11H6ClF3N2O2/c12-6-2-8-7(1-5(6)11(13,14)15)16-3-9(17-8)10(19)4-18/h1-4,18-19H. The van der Waals surface area contributed by atoms with Gasteiger partial charge in [-0.25, -0.2) is 4.98 Å². The number of rotatable bonds is 1. The van der Waals surface area contributed by atoms with Gasteiger partial charge in [0, 0.05) is 0 Å². The third kappa shape index (κ3) is 2.55. The molecule has 2 aromatic rings. The van der Waals surface area contributed by atoms with Crippen molar-refractivity contribution in [1.29, 1.82) is 0 Å². The minimum Gasteiger partial charge on any atom is -0.512 e. The summed E-state index contributed by atoms with van der Waals surface area (Å²) >= 11 is 5.54. The van der Waals surface area contributed by atoms with Crippen molar-refractivity contribution < 1.29 is 23.4 Å².